The molecule has 1 rings (SSSR count). The number of hydrogen-bond acceptors (Lipinski definition) is 3. The highest BCUT2D eigenvalue weighted by Gasteiger charge is 2.40. The van der Waals surface area contributed by atoms with Crippen LogP contribution in [0.5, 0.6) is 0 Å². The molecule has 0 aromatic carbocycles. The maximum absolute atomic E-state index is 11.5. The SMILES string of the molecule is C[C@H](N)C(=O)N1CC(O)C(C)(C)C1. The number of nitrogens with two attached hydrogens (primary N) is 1. The van der Waals surface area contributed by atoms with Crippen LogP contribution in [0.15, 0.2) is 0 Å². The van der Waals surface area contributed by atoms with Crippen LogP contribution < -0.4 is 5.73 Å². The Balaban J connectivity index is 2.64. The van der Waals surface area contributed by atoms with Gasteiger partial charge < -0.3 is 15.7 Å². The summed E-state index contributed by atoms with van der Waals surface area (Å²) in [7, 11) is 0. The predicted octanol–water partition coefficient (Wildman–Crippen LogP) is -0.437. The van der Waals surface area contributed by atoms with Crippen molar-refractivity contribution >= 4 is 5.91 Å². The fourth-order valence-corrected chi connectivity index (χ4v) is 1.57. The Hall–Kier alpha value is -0.610. The molecule has 0 aliphatic carbocycles. The van der Waals surface area contributed by atoms with Crippen LogP contribution in [0.25, 0.3) is 0 Å². The fraction of sp³-hybridized carbons (Fsp3) is 0.889. The van der Waals surface area contributed by atoms with Gasteiger partial charge in [0, 0.05) is 18.5 Å². The van der Waals surface area contributed by atoms with Gasteiger partial charge in [-0.3, -0.25) is 4.79 Å². The first-order valence-corrected chi connectivity index (χ1v) is 4.57. The van der Waals surface area contributed by atoms with E-state index in [1.807, 2.05) is 13.8 Å². The second kappa shape index (κ2) is 3.27. The number of carbonyl (C=O) groups excluding carboxylic acids is 1. The molecule has 13 heavy (non-hydrogen) atoms. The molecule has 3 N–H and O–H groups in total. The number of β-amino-alcohol motifs (C(OH)–C–C–N with tert-alkyl or cyclic N) is 1. The van der Waals surface area contributed by atoms with Gasteiger partial charge in [-0.1, -0.05) is 13.8 Å². The van der Waals surface area contributed by atoms with Crippen molar-refractivity contribution in [1.82, 2.24) is 4.90 Å². The minimum Gasteiger partial charge on any atom is -0.391 e. The van der Waals surface area contributed by atoms with Gasteiger partial charge in [0.25, 0.3) is 0 Å². The van der Waals surface area contributed by atoms with Gasteiger partial charge in [-0.05, 0) is 6.92 Å². The normalized spacial score (nSPS) is 29.0. The third kappa shape index (κ3) is 2.00. The summed E-state index contributed by atoms with van der Waals surface area (Å²) < 4.78 is 0. The molecule has 0 saturated carbocycles. The summed E-state index contributed by atoms with van der Waals surface area (Å²) in [6.45, 7) is 6.57. The van der Waals surface area contributed by atoms with Gasteiger partial charge in [-0.15, -0.1) is 0 Å². The van der Waals surface area contributed by atoms with E-state index in [1.54, 1.807) is 11.8 Å². The number of carbonyl (C=O) groups is 1. The number of hydrogen-bond donors (Lipinski definition) is 2. The van der Waals surface area contributed by atoms with E-state index in [0.717, 1.165) is 0 Å². The highest BCUT2D eigenvalue weighted by atomic mass is 16.3. The molecule has 76 valence electrons. The van der Waals surface area contributed by atoms with E-state index < -0.39 is 12.1 Å². The standard InChI is InChI=1S/C9H18N2O2/c1-6(10)8(13)11-4-7(12)9(2,3)5-11/h6-7,12H,4-5,10H2,1-3H3/t6-,7?/m0/s1. The van der Waals surface area contributed by atoms with E-state index in [1.165, 1.54) is 0 Å². The summed E-state index contributed by atoms with van der Waals surface area (Å²) in [6, 6.07) is -0.471. The van der Waals surface area contributed by atoms with Gasteiger partial charge in [0.2, 0.25) is 5.91 Å². The van der Waals surface area contributed by atoms with Gasteiger partial charge in [0.1, 0.15) is 0 Å². The molecule has 1 unspecified atom stereocenters. The van der Waals surface area contributed by atoms with Crippen molar-refractivity contribution in [3.63, 3.8) is 0 Å². The van der Waals surface area contributed by atoms with Crippen molar-refractivity contribution in [2.24, 2.45) is 11.1 Å². The maximum Gasteiger partial charge on any atom is 0.239 e. The molecule has 1 aliphatic heterocycles. The lowest BCUT2D eigenvalue weighted by molar-refractivity contribution is -0.131. The quantitative estimate of drug-likeness (QED) is 0.583. The topological polar surface area (TPSA) is 66.6 Å². The van der Waals surface area contributed by atoms with Crippen molar-refractivity contribution in [3.05, 3.63) is 0 Å². The van der Waals surface area contributed by atoms with Crippen LogP contribution in [0.3, 0.4) is 0 Å². The van der Waals surface area contributed by atoms with Crippen LogP contribution in [-0.2, 0) is 4.79 Å². The Labute approximate surface area is 78.7 Å². The average molecular weight is 186 g/mol. The smallest absolute Gasteiger partial charge is 0.239 e. The van der Waals surface area contributed by atoms with Gasteiger partial charge in [0.05, 0.1) is 12.1 Å². The highest BCUT2D eigenvalue weighted by Crippen LogP contribution is 2.29. The highest BCUT2D eigenvalue weighted by molar-refractivity contribution is 5.81. The molecule has 1 amide bonds. The lowest BCUT2D eigenvalue weighted by Crippen LogP contribution is -2.41. The van der Waals surface area contributed by atoms with Crippen LogP contribution in [-0.4, -0.2) is 41.1 Å². The van der Waals surface area contributed by atoms with Crippen LogP contribution in [0.4, 0.5) is 0 Å². The summed E-state index contributed by atoms with van der Waals surface area (Å²) in [4.78, 5) is 13.1. The molecule has 0 spiro atoms. The Morgan fingerprint density at radius 1 is 1.69 bits per heavy atom. The molecule has 1 heterocycles. The van der Waals surface area contributed by atoms with E-state index in [-0.39, 0.29) is 11.3 Å². The molecule has 1 saturated heterocycles. The molecule has 1 fully saturated rings. The molecular weight excluding hydrogens is 168 g/mol. The Bertz CT molecular complexity index is 214. The number of aliphatic hydroxyl groups excluding tert-OH is 1. The molecule has 0 aromatic rings. The molecule has 0 aromatic heterocycles. The number of nitrogens with zero attached hydrogens (tertiary/aromatic N) is 1. The first-order valence-electron chi connectivity index (χ1n) is 4.57. The van der Waals surface area contributed by atoms with Crippen molar-refractivity contribution < 1.29 is 9.90 Å². The monoisotopic (exact) mass is 186 g/mol. The zero-order chi connectivity index (χ0) is 10.2. The maximum atomic E-state index is 11.5. The van der Waals surface area contributed by atoms with E-state index in [0.29, 0.717) is 13.1 Å². The zero-order valence-electron chi connectivity index (χ0n) is 8.45. The van der Waals surface area contributed by atoms with Gasteiger partial charge >= 0.3 is 0 Å². The van der Waals surface area contributed by atoms with E-state index in [2.05, 4.69) is 0 Å². The lowest BCUT2D eigenvalue weighted by atomic mass is 9.90. The number of rotatable bonds is 1. The van der Waals surface area contributed by atoms with Gasteiger partial charge in [-0.25, -0.2) is 0 Å². The fourth-order valence-electron chi connectivity index (χ4n) is 1.57. The van der Waals surface area contributed by atoms with Crippen LogP contribution in [0, 0.1) is 5.41 Å². The van der Waals surface area contributed by atoms with E-state index in [9.17, 15) is 9.90 Å². The summed E-state index contributed by atoms with van der Waals surface area (Å²) in [6.07, 6.45) is -0.435. The number of aliphatic hydroxyl groups is 1. The second-order valence-corrected chi connectivity index (χ2v) is 4.51. The Kier molecular flexibility index (Phi) is 2.63. The molecule has 0 radical (unpaired) electrons. The molecule has 4 heteroatoms. The second-order valence-electron chi connectivity index (χ2n) is 4.51. The summed E-state index contributed by atoms with van der Waals surface area (Å²) in [5, 5.41) is 9.62. The van der Waals surface area contributed by atoms with Gasteiger partial charge in [0.15, 0.2) is 0 Å². The molecular formula is C9H18N2O2. The largest absolute Gasteiger partial charge is 0.391 e. The van der Waals surface area contributed by atoms with E-state index >= 15 is 0 Å². The Morgan fingerprint density at radius 3 is 2.54 bits per heavy atom. The van der Waals surface area contributed by atoms with Crippen molar-refractivity contribution in [3.8, 4) is 0 Å². The summed E-state index contributed by atoms with van der Waals surface area (Å²) in [5.41, 5.74) is 5.27. The minimum atomic E-state index is -0.471. The predicted molar refractivity (Wildman–Crippen MR) is 50.0 cm³/mol. The molecule has 1 aliphatic rings. The van der Waals surface area contributed by atoms with Gasteiger partial charge in [-0.2, -0.15) is 0 Å². The number of likely N-dealkylation sites (tertiary alicyclic amines) is 1. The molecule has 4 nitrogen and oxygen atoms in total. The van der Waals surface area contributed by atoms with Crippen molar-refractivity contribution in [2.75, 3.05) is 13.1 Å². The van der Waals surface area contributed by atoms with Crippen LogP contribution in [0.2, 0.25) is 0 Å². The minimum absolute atomic E-state index is 0.0791. The van der Waals surface area contributed by atoms with Crippen molar-refractivity contribution in [1.29, 1.82) is 0 Å². The zero-order valence-corrected chi connectivity index (χ0v) is 8.45. The average Bonchev–Trinajstić information content (AvgIpc) is 2.25. The third-order valence-electron chi connectivity index (χ3n) is 2.59. The molecule has 0 bridgehead atoms. The van der Waals surface area contributed by atoms with Crippen LogP contribution in [0.1, 0.15) is 20.8 Å². The van der Waals surface area contributed by atoms with E-state index in [4.69, 9.17) is 5.73 Å². The van der Waals surface area contributed by atoms with Crippen LogP contribution >= 0.6 is 0 Å². The summed E-state index contributed by atoms with van der Waals surface area (Å²) in [5.74, 6) is -0.0791. The lowest BCUT2D eigenvalue weighted by Gasteiger charge is -2.21. The first kappa shape index (κ1) is 10.5. The Morgan fingerprint density at radius 2 is 2.23 bits per heavy atom. The first-order chi connectivity index (χ1) is 5.84. The third-order valence-corrected chi connectivity index (χ3v) is 2.59. The van der Waals surface area contributed by atoms with Crippen molar-refractivity contribution in [2.45, 2.75) is 32.9 Å². The summed E-state index contributed by atoms with van der Waals surface area (Å²) >= 11 is 0. The number of amides is 1. The molecule has 2 atom stereocenters.